The van der Waals surface area contributed by atoms with Gasteiger partial charge < -0.3 is 4.42 Å². The summed E-state index contributed by atoms with van der Waals surface area (Å²) in [6, 6.07) is 5.76. The number of carbonyl (C=O) groups is 1. The van der Waals surface area contributed by atoms with E-state index in [2.05, 4.69) is 0 Å². The van der Waals surface area contributed by atoms with Gasteiger partial charge in [-0.3, -0.25) is 4.79 Å². The monoisotopic (exact) mass is 461 g/mol. The molecule has 1 aliphatic heterocycles. The number of hydrogen-bond acceptors (Lipinski definition) is 4. The van der Waals surface area contributed by atoms with Crippen LogP contribution in [-0.2, 0) is 27.7 Å². The van der Waals surface area contributed by atoms with Gasteiger partial charge in [0, 0.05) is 37.6 Å². The summed E-state index contributed by atoms with van der Waals surface area (Å²) >= 11 is 0. The third-order valence-electron chi connectivity index (χ3n) is 5.53. The first-order chi connectivity index (χ1) is 14.4. The van der Waals surface area contributed by atoms with E-state index in [0.717, 1.165) is 4.31 Å². The Hall–Kier alpha value is -2.20. The van der Waals surface area contributed by atoms with Crippen molar-refractivity contribution in [3.8, 4) is 0 Å². The largest absolute Gasteiger partial charge is 0.448 e. The van der Waals surface area contributed by atoms with Crippen molar-refractivity contribution in [1.82, 2.24) is 4.31 Å². The normalized spacial score (nSPS) is 16.6. The molecule has 1 aliphatic rings. The number of furan rings is 1. The number of aryl methyl sites for hydroxylation is 2. The van der Waals surface area contributed by atoms with Gasteiger partial charge >= 0.3 is 6.18 Å². The fourth-order valence-electron chi connectivity index (χ4n) is 3.59. The first kappa shape index (κ1) is 23.5. The molecule has 3 rings (SSSR count). The van der Waals surface area contributed by atoms with E-state index in [4.69, 9.17) is 4.42 Å². The molecule has 0 unspecified atom stereocenters. The van der Waals surface area contributed by atoms with Crippen LogP contribution in [0.5, 0.6) is 0 Å². The minimum Gasteiger partial charge on any atom is -0.448 e. The molecule has 1 aromatic carbocycles. The van der Waals surface area contributed by atoms with Crippen LogP contribution in [0.3, 0.4) is 0 Å². The predicted molar refractivity (Wildman–Crippen MR) is 105 cm³/mol. The molecule has 0 amide bonds. The Kier molecular flexibility index (Phi) is 6.61. The molecule has 0 N–H and O–H groups in total. The Morgan fingerprint density at radius 2 is 1.77 bits per heavy atom. The molecule has 31 heavy (non-hydrogen) atoms. The van der Waals surface area contributed by atoms with Crippen molar-refractivity contribution in [2.24, 2.45) is 5.92 Å². The summed E-state index contributed by atoms with van der Waals surface area (Å²) in [5, 5.41) is -0.389. The predicted octanol–water partition coefficient (Wildman–Crippen LogP) is 4.35. The highest BCUT2D eigenvalue weighted by atomic mass is 32.2. The average Bonchev–Trinajstić information content (AvgIpc) is 3.05. The number of halogens is 4. The highest BCUT2D eigenvalue weighted by Gasteiger charge is 2.43. The van der Waals surface area contributed by atoms with E-state index in [1.807, 2.05) is 0 Å². The quantitative estimate of drug-likeness (QED) is 0.600. The van der Waals surface area contributed by atoms with Gasteiger partial charge in [-0.25, -0.2) is 12.8 Å². The lowest BCUT2D eigenvalue weighted by atomic mass is 9.98. The lowest BCUT2D eigenvalue weighted by Gasteiger charge is -2.31. The zero-order chi connectivity index (χ0) is 23.0. The Morgan fingerprint density at radius 1 is 1.13 bits per heavy atom. The fraction of sp³-hybridized carbons (Fsp3) is 0.476. The zero-order valence-electron chi connectivity index (χ0n) is 17.1. The number of Topliss-reactive ketones (excluding diaryl/α,β-unsaturated/α-hetero) is 1. The number of benzene rings is 1. The number of piperidine rings is 1. The topological polar surface area (TPSA) is 67.6 Å². The third kappa shape index (κ3) is 5.35. The SMILES string of the molecule is Cc1ccc(CC(=O)Cc2cc(S(=O)(=O)N3CCC(C(F)(F)F)CC3)oc2C)cc1F. The Bertz CT molecular complexity index is 1070. The highest BCUT2D eigenvalue weighted by Crippen LogP contribution is 2.36. The Balaban J connectivity index is 1.68. The third-order valence-corrected chi connectivity index (χ3v) is 7.29. The molecule has 1 aromatic heterocycles. The molecule has 0 saturated carbocycles. The van der Waals surface area contributed by atoms with Crippen LogP contribution in [0.25, 0.3) is 0 Å². The van der Waals surface area contributed by atoms with E-state index in [9.17, 15) is 30.8 Å². The van der Waals surface area contributed by atoms with Crippen LogP contribution in [0.1, 0.15) is 35.3 Å². The van der Waals surface area contributed by atoms with Crippen molar-refractivity contribution in [3.63, 3.8) is 0 Å². The molecule has 0 aliphatic carbocycles. The molecule has 170 valence electrons. The molecule has 1 fully saturated rings. The molecule has 10 heteroatoms. The smallest absolute Gasteiger partial charge is 0.391 e. The van der Waals surface area contributed by atoms with Crippen LogP contribution in [0, 0.1) is 25.6 Å². The molecule has 0 spiro atoms. The summed E-state index contributed by atoms with van der Waals surface area (Å²) in [4.78, 5) is 12.4. The van der Waals surface area contributed by atoms with Crippen LogP contribution in [0.2, 0.25) is 0 Å². The zero-order valence-corrected chi connectivity index (χ0v) is 17.9. The molecule has 2 aromatic rings. The van der Waals surface area contributed by atoms with Crippen molar-refractivity contribution in [2.75, 3.05) is 13.1 Å². The van der Waals surface area contributed by atoms with Gasteiger partial charge in [-0.1, -0.05) is 12.1 Å². The van der Waals surface area contributed by atoms with Crippen LogP contribution in [-0.4, -0.2) is 37.8 Å². The van der Waals surface area contributed by atoms with Crippen molar-refractivity contribution < 1.29 is 35.2 Å². The van der Waals surface area contributed by atoms with Crippen molar-refractivity contribution in [3.05, 3.63) is 52.5 Å². The maximum Gasteiger partial charge on any atom is 0.391 e. The lowest BCUT2D eigenvalue weighted by molar-refractivity contribution is -0.182. The van der Waals surface area contributed by atoms with Gasteiger partial charge in [0.25, 0.3) is 10.0 Å². The maximum absolute atomic E-state index is 13.7. The minimum atomic E-state index is -4.34. The number of hydrogen-bond donors (Lipinski definition) is 0. The van der Waals surface area contributed by atoms with E-state index in [-0.39, 0.29) is 55.4 Å². The number of ketones is 1. The summed E-state index contributed by atoms with van der Waals surface area (Å²) < 4.78 is 84.0. The second kappa shape index (κ2) is 8.74. The first-order valence-corrected chi connectivity index (χ1v) is 11.2. The standard InChI is InChI=1S/C21H23F4NO4S/c1-13-3-4-15(10-19(13)22)9-18(27)11-16-12-20(30-14(16)2)31(28,29)26-7-5-17(6-8-26)21(23,24)25/h3-4,10,12,17H,5-9,11H2,1-2H3. The summed E-state index contributed by atoms with van der Waals surface area (Å²) in [7, 11) is -4.10. The summed E-state index contributed by atoms with van der Waals surface area (Å²) in [5.41, 5.74) is 1.35. The number of alkyl halides is 3. The van der Waals surface area contributed by atoms with Crippen LogP contribution >= 0.6 is 0 Å². The van der Waals surface area contributed by atoms with E-state index in [0.29, 0.717) is 16.7 Å². The summed E-state index contributed by atoms with van der Waals surface area (Å²) in [6.45, 7) is 2.63. The van der Waals surface area contributed by atoms with Gasteiger partial charge in [0.1, 0.15) is 17.4 Å². The highest BCUT2D eigenvalue weighted by molar-refractivity contribution is 7.89. The van der Waals surface area contributed by atoms with Gasteiger partial charge in [-0.05, 0) is 43.9 Å². The second-order valence-electron chi connectivity index (χ2n) is 7.84. The van der Waals surface area contributed by atoms with Gasteiger partial charge in [0.2, 0.25) is 5.09 Å². The van der Waals surface area contributed by atoms with E-state index in [1.165, 1.54) is 19.1 Å². The minimum absolute atomic E-state index is 0.0190. The van der Waals surface area contributed by atoms with Crippen LogP contribution in [0.4, 0.5) is 17.6 Å². The van der Waals surface area contributed by atoms with Gasteiger partial charge in [0.15, 0.2) is 0 Å². The fourth-order valence-corrected chi connectivity index (χ4v) is 5.06. The Labute approximate surface area is 178 Å². The van der Waals surface area contributed by atoms with Crippen molar-refractivity contribution >= 4 is 15.8 Å². The van der Waals surface area contributed by atoms with E-state index in [1.54, 1.807) is 19.1 Å². The van der Waals surface area contributed by atoms with Crippen molar-refractivity contribution in [2.45, 2.75) is 50.8 Å². The molecule has 0 atom stereocenters. The second-order valence-corrected chi connectivity index (χ2v) is 9.71. The van der Waals surface area contributed by atoms with Crippen LogP contribution < -0.4 is 0 Å². The molecule has 1 saturated heterocycles. The molecule has 2 heterocycles. The molecular weight excluding hydrogens is 438 g/mol. The summed E-state index contributed by atoms with van der Waals surface area (Å²) in [5.74, 6) is -1.93. The van der Waals surface area contributed by atoms with E-state index < -0.39 is 27.9 Å². The molecule has 5 nitrogen and oxygen atoms in total. The molecule has 0 bridgehead atoms. The maximum atomic E-state index is 13.7. The molecular formula is C21H23F4NO4S. The average molecular weight is 461 g/mol. The number of rotatable bonds is 6. The number of carbonyl (C=O) groups excluding carboxylic acids is 1. The number of nitrogens with zero attached hydrogens (tertiary/aromatic N) is 1. The first-order valence-electron chi connectivity index (χ1n) is 9.81. The lowest BCUT2D eigenvalue weighted by Crippen LogP contribution is -2.41. The van der Waals surface area contributed by atoms with Crippen molar-refractivity contribution in [1.29, 1.82) is 0 Å². The van der Waals surface area contributed by atoms with E-state index >= 15 is 0 Å². The number of sulfonamides is 1. The Morgan fingerprint density at radius 3 is 2.35 bits per heavy atom. The van der Waals surface area contributed by atoms with Gasteiger partial charge in [-0.15, -0.1) is 0 Å². The summed E-state index contributed by atoms with van der Waals surface area (Å²) in [6.07, 6.45) is -5.07. The molecule has 0 radical (unpaired) electrons. The van der Waals surface area contributed by atoms with Crippen LogP contribution in [0.15, 0.2) is 33.8 Å². The van der Waals surface area contributed by atoms with Gasteiger partial charge in [0.05, 0.1) is 5.92 Å². The van der Waals surface area contributed by atoms with Gasteiger partial charge in [-0.2, -0.15) is 17.5 Å².